The van der Waals surface area contributed by atoms with Crippen LogP contribution in [0.25, 0.3) is 10.9 Å². The number of aliphatic hydroxyl groups excluding tert-OH is 1. The van der Waals surface area contributed by atoms with Crippen LogP contribution in [0.2, 0.25) is 0 Å². The molecule has 3 rings (SSSR count). The molecule has 1 amide bonds. The van der Waals surface area contributed by atoms with Crippen LogP contribution in [0.4, 0.5) is 4.39 Å². The van der Waals surface area contributed by atoms with E-state index in [0.717, 1.165) is 10.9 Å². The molecule has 1 atom stereocenters. The summed E-state index contributed by atoms with van der Waals surface area (Å²) in [6.45, 7) is 1.80. The number of aryl methyl sites for hydroxylation is 1. The first-order valence-corrected chi connectivity index (χ1v) is 6.83. The Morgan fingerprint density at radius 3 is 3.00 bits per heavy atom. The molecule has 0 fully saturated rings. The molecule has 114 valence electrons. The van der Waals surface area contributed by atoms with Gasteiger partial charge in [-0.3, -0.25) is 4.79 Å². The van der Waals surface area contributed by atoms with Gasteiger partial charge in [0.2, 0.25) is 0 Å². The largest absolute Gasteiger partial charge is 0.467 e. The number of rotatable bonds is 4. The molecule has 0 saturated heterocycles. The third kappa shape index (κ3) is 2.73. The van der Waals surface area contributed by atoms with E-state index in [2.05, 4.69) is 10.3 Å². The molecule has 0 bridgehead atoms. The highest BCUT2D eigenvalue weighted by molar-refractivity contribution is 5.98. The first-order chi connectivity index (χ1) is 10.5. The molecule has 3 N–H and O–H groups in total. The van der Waals surface area contributed by atoms with E-state index >= 15 is 0 Å². The molecule has 1 aromatic carbocycles. The van der Waals surface area contributed by atoms with Gasteiger partial charge in [0.25, 0.3) is 5.91 Å². The first-order valence-electron chi connectivity index (χ1n) is 6.83. The molecule has 6 heteroatoms. The molecule has 0 saturated carbocycles. The quantitative estimate of drug-likeness (QED) is 0.693. The zero-order valence-electron chi connectivity index (χ0n) is 11.9. The normalized spacial score (nSPS) is 12.5. The number of aliphatic hydroxyl groups is 1. The van der Waals surface area contributed by atoms with E-state index in [9.17, 15) is 14.3 Å². The summed E-state index contributed by atoms with van der Waals surface area (Å²) in [5.41, 5.74) is 1.63. The Bertz CT molecular complexity index is 808. The predicted molar refractivity (Wildman–Crippen MR) is 79.0 cm³/mol. The van der Waals surface area contributed by atoms with Gasteiger partial charge in [0, 0.05) is 10.9 Å². The fourth-order valence-corrected chi connectivity index (χ4v) is 2.36. The number of benzene rings is 1. The van der Waals surface area contributed by atoms with Gasteiger partial charge in [-0.05, 0) is 42.8 Å². The fraction of sp³-hybridized carbons (Fsp3) is 0.188. The Morgan fingerprint density at radius 1 is 1.45 bits per heavy atom. The number of aromatic nitrogens is 1. The third-order valence-electron chi connectivity index (χ3n) is 3.48. The Hall–Kier alpha value is -2.60. The number of carbonyl (C=O) groups excluding carboxylic acids is 1. The standard InChI is InChI=1S/C16H15FN2O3/c1-9-5-10(17)6-12-11(9)7-13(19-12)16(21)18-8-14(20)15-3-2-4-22-15/h2-7,14,19-20H,8H2,1H3,(H,18,21). The van der Waals surface area contributed by atoms with E-state index in [4.69, 9.17) is 4.42 Å². The van der Waals surface area contributed by atoms with Gasteiger partial charge in [0.1, 0.15) is 23.4 Å². The van der Waals surface area contributed by atoms with Crippen LogP contribution in [0, 0.1) is 12.7 Å². The lowest BCUT2D eigenvalue weighted by molar-refractivity contribution is 0.0897. The number of carbonyl (C=O) groups is 1. The minimum Gasteiger partial charge on any atom is -0.467 e. The fourth-order valence-electron chi connectivity index (χ4n) is 2.36. The summed E-state index contributed by atoms with van der Waals surface area (Å²) < 4.78 is 18.4. The number of nitrogens with one attached hydrogen (secondary N) is 2. The van der Waals surface area contributed by atoms with Crippen molar-refractivity contribution in [3.8, 4) is 0 Å². The Morgan fingerprint density at radius 2 is 2.27 bits per heavy atom. The SMILES string of the molecule is Cc1cc(F)cc2[nH]c(C(=O)NCC(O)c3ccco3)cc12. The van der Waals surface area contributed by atoms with Crippen molar-refractivity contribution in [1.82, 2.24) is 10.3 Å². The summed E-state index contributed by atoms with van der Waals surface area (Å²) >= 11 is 0. The van der Waals surface area contributed by atoms with Gasteiger partial charge in [-0.2, -0.15) is 0 Å². The second-order valence-corrected chi connectivity index (χ2v) is 5.11. The van der Waals surface area contributed by atoms with Crippen LogP contribution < -0.4 is 5.32 Å². The van der Waals surface area contributed by atoms with Crippen molar-refractivity contribution in [1.29, 1.82) is 0 Å². The number of amides is 1. The van der Waals surface area contributed by atoms with Gasteiger partial charge in [-0.25, -0.2) is 4.39 Å². The monoisotopic (exact) mass is 302 g/mol. The molecule has 3 aromatic rings. The van der Waals surface area contributed by atoms with Crippen LogP contribution in [0.3, 0.4) is 0 Å². The zero-order valence-corrected chi connectivity index (χ0v) is 11.9. The predicted octanol–water partition coefficient (Wildman–Crippen LogP) is 2.67. The third-order valence-corrected chi connectivity index (χ3v) is 3.48. The van der Waals surface area contributed by atoms with Crippen molar-refractivity contribution in [2.75, 3.05) is 6.54 Å². The van der Waals surface area contributed by atoms with Gasteiger partial charge in [0.05, 0.1) is 12.8 Å². The second kappa shape index (κ2) is 5.65. The molecule has 2 heterocycles. The molecule has 22 heavy (non-hydrogen) atoms. The number of hydrogen-bond donors (Lipinski definition) is 3. The number of halogens is 1. The number of hydrogen-bond acceptors (Lipinski definition) is 3. The Kier molecular flexibility index (Phi) is 3.68. The van der Waals surface area contributed by atoms with E-state index in [-0.39, 0.29) is 18.3 Å². The van der Waals surface area contributed by atoms with Crippen molar-refractivity contribution < 1.29 is 18.7 Å². The van der Waals surface area contributed by atoms with E-state index in [0.29, 0.717) is 17.0 Å². The van der Waals surface area contributed by atoms with Crippen LogP contribution in [0.15, 0.2) is 41.0 Å². The molecule has 0 aliphatic carbocycles. The molecule has 0 radical (unpaired) electrons. The Balaban J connectivity index is 1.74. The molecule has 0 aliphatic rings. The second-order valence-electron chi connectivity index (χ2n) is 5.11. The van der Waals surface area contributed by atoms with Gasteiger partial charge >= 0.3 is 0 Å². The van der Waals surface area contributed by atoms with Gasteiger partial charge in [-0.1, -0.05) is 0 Å². The Labute approximate surface area is 125 Å². The lowest BCUT2D eigenvalue weighted by Crippen LogP contribution is -2.28. The van der Waals surface area contributed by atoms with Crippen molar-refractivity contribution in [2.45, 2.75) is 13.0 Å². The summed E-state index contributed by atoms with van der Waals surface area (Å²) in [4.78, 5) is 15.0. The van der Waals surface area contributed by atoms with Crippen LogP contribution in [-0.4, -0.2) is 22.5 Å². The highest BCUT2D eigenvalue weighted by Gasteiger charge is 2.15. The summed E-state index contributed by atoms with van der Waals surface area (Å²) in [5.74, 6) is -0.344. The van der Waals surface area contributed by atoms with Crippen molar-refractivity contribution in [2.24, 2.45) is 0 Å². The molecule has 2 aromatic heterocycles. The maximum Gasteiger partial charge on any atom is 0.267 e. The van der Waals surface area contributed by atoms with Crippen molar-refractivity contribution >= 4 is 16.8 Å². The van der Waals surface area contributed by atoms with Crippen molar-refractivity contribution in [3.63, 3.8) is 0 Å². The average Bonchev–Trinajstić information content (AvgIpc) is 3.13. The van der Waals surface area contributed by atoms with E-state index in [1.54, 1.807) is 25.1 Å². The van der Waals surface area contributed by atoms with E-state index < -0.39 is 6.10 Å². The van der Waals surface area contributed by atoms with Crippen LogP contribution in [-0.2, 0) is 0 Å². The van der Waals surface area contributed by atoms with Gasteiger partial charge in [-0.15, -0.1) is 0 Å². The van der Waals surface area contributed by atoms with E-state index in [1.807, 2.05) is 0 Å². The van der Waals surface area contributed by atoms with Gasteiger partial charge < -0.3 is 19.8 Å². The molecular weight excluding hydrogens is 287 g/mol. The molecule has 5 nitrogen and oxygen atoms in total. The van der Waals surface area contributed by atoms with Crippen LogP contribution in [0.1, 0.15) is 27.9 Å². The zero-order chi connectivity index (χ0) is 15.7. The summed E-state index contributed by atoms with van der Waals surface area (Å²) in [5, 5.41) is 13.3. The molecular formula is C16H15FN2O3. The van der Waals surface area contributed by atoms with Crippen LogP contribution in [0.5, 0.6) is 0 Å². The molecule has 0 aliphatic heterocycles. The molecule has 1 unspecified atom stereocenters. The average molecular weight is 302 g/mol. The minimum atomic E-state index is -0.914. The lowest BCUT2D eigenvalue weighted by atomic mass is 10.1. The summed E-state index contributed by atoms with van der Waals surface area (Å²) in [7, 11) is 0. The first kappa shape index (κ1) is 14.3. The number of H-pyrrole nitrogens is 1. The number of aromatic amines is 1. The maximum absolute atomic E-state index is 13.4. The summed E-state index contributed by atoms with van der Waals surface area (Å²) in [6, 6.07) is 7.72. The maximum atomic E-state index is 13.4. The minimum absolute atomic E-state index is 0.0229. The topological polar surface area (TPSA) is 78.3 Å². The van der Waals surface area contributed by atoms with Crippen molar-refractivity contribution in [3.05, 3.63) is 59.4 Å². The summed E-state index contributed by atoms with van der Waals surface area (Å²) in [6.07, 6.45) is 0.539. The molecule has 0 spiro atoms. The van der Waals surface area contributed by atoms with Crippen LogP contribution >= 0.6 is 0 Å². The van der Waals surface area contributed by atoms with Gasteiger partial charge in [0.15, 0.2) is 0 Å². The number of furan rings is 1. The van der Waals surface area contributed by atoms with E-state index in [1.165, 1.54) is 18.4 Å². The number of fused-ring (bicyclic) bond motifs is 1. The highest BCUT2D eigenvalue weighted by Crippen LogP contribution is 2.21. The smallest absolute Gasteiger partial charge is 0.267 e. The highest BCUT2D eigenvalue weighted by atomic mass is 19.1. The lowest BCUT2D eigenvalue weighted by Gasteiger charge is -2.08.